The molecule has 0 atom stereocenters. The summed E-state index contributed by atoms with van der Waals surface area (Å²) < 4.78 is 0. The van der Waals surface area contributed by atoms with E-state index < -0.39 is 0 Å². The van der Waals surface area contributed by atoms with Gasteiger partial charge in [-0.05, 0) is 36.0 Å². The fraction of sp³-hybridized carbons (Fsp3) is 0.533. The number of carbonyl (C=O) groups is 1. The molecule has 1 heterocycles. The smallest absolute Gasteiger partial charge is 0.251 e. The highest BCUT2D eigenvalue weighted by atomic mass is 35.5. The molecule has 4 heteroatoms. The lowest BCUT2D eigenvalue weighted by Gasteiger charge is -2.22. The zero-order valence-electron chi connectivity index (χ0n) is 11.9. The largest absolute Gasteiger partial charge is 0.385 e. The first-order valence-electron chi connectivity index (χ1n) is 6.61. The third kappa shape index (κ3) is 4.13. The molecule has 0 saturated carbocycles. The van der Waals surface area contributed by atoms with Crippen molar-refractivity contribution in [3.63, 3.8) is 0 Å². The fourth-order valence-electron chi connectivity index (χ4n) is 2.16. The number of halogens is 1. The van der Waals surface area contributed by atoms with E-state index in [4.69, 9.17) is 0 Å². The van der Waals surface area contributed by atoms with Crippen LogP contribution < -0.4 is 10.6 Å². The molecule has 2 rings (SSSR count). The van der Waals surface area contributed by atoms with Crippen LogP contribution in [0.5, 0.6) is 0 Å². The van der Waals surface area contributed by atoms with Crippen LogP contribution >= 0.6 is 12.4 Å². The van der Waals surface area contributed by atoms with E-state index in [1.165, 1.54) is 0 Å². The number of hydrogen-bond donors (Lipinski definition) is 2. The van der Waals surface area contributed by atoms with Gasteiger partial charge in [0.1, 0.15) is 0 Å². The molecular formula is C15H23ClN2O. The van der Waals surface area contributed by atoms with Gasteiger partial charge in [-0.25, -0.2) is 0 Å². The molecule has 3 nitrogen and oxygen atoms in total. The molecule has 0 bridgehead atoms. The number of hydrogen-bond acceptors (Lipinski definition) is 2. The van der Waals surface area contributed by atoms with E-state index in [9.17, 15) is 4.79 Å². The Bertz CT molecular complexity index is 452. The first kappa shape index (κ1) is 15.8. The molecule has 0 saturated heterocycles. The second kappa shape index (κ2) is 6.29. The summed E-state index contributed by atoms with van der Waals surface area (Å²) in [6.45, 7) is 8.06. The van der Waals surface area contributed by atoms with E-state index in [0.29, 0.717) is 6.54 Å². The van der Waals surface area contributed by atoms with E-state index in [0.717, 1.165) is 36.2 Å². The molecule has 106 valence electrons. The van der Waals surface area contributed by atoms with E-state index in [-0.39, 0.29) is 23.7 Å². The molecule has 1 aromatic rings. The molecule has 0 spiro atoms. The summed E-state index contributed by atoms with van der Waals surface area (Å²) in [6.07, 6.45) is 2.08. The third-order valence-electron chi connectivity index (χ3n) is 3.12. The quantitative estimate of drug-likeness (QED) is 0.874. The Labute approximate surface area is 121 Å². The van der Waals surface area contributed by atoms with E-state index in [1.54, 1.807) is 0 Å². The maximum atomic E-state index is 12.2. The average Bonchev–Trinajstić information content (AvgIpc) is 2.34. The Hall–Kier alpha value is -1.22. The Morgan fingerprint density at radius 2 is 2.11 bits per heavy atom. The summed E-state index contributed by atoms with van der Waals surface area (Å²) >= 11 is 0. The van der Waals surface area contributed by atoms with Gasteiger partial charge in [0.15, 0.2) is 0 Å². The molecule has 1 aliphatic rings. The van der Waals surface area contributed by atoms with Gasteiger partial charge < -0.3 is 10.6 Å². The summed E-state index contributed by atoms with van der Waals surface area (Å²) in [5.74, 6) is 0.0467. The van der Waals surface area contributed by atoms with E-state index in [1.807, 2.05) is 12.1 Å². The van der Waals surface area contributed by atoms with Crippen molar-refractivity contribution in [3.8, 4) is 0 Å². The second-order valence-corrected chi connectivity index (χ2v) is 6.11. The molecule has 1 amide bonds. The number of fused-ring (bicyclic) bond motifs is 1. The Kier molecular flexibility index (Phi) is 5.24. The van der Waals surface area contributed by atoms with E-state index in [2.05, 4.69) is 37.5 Å². The lowest BCUT2D eigenvalue weighted by molar-refractivity contribution is 0.0938. The highest BCUT2D eigenvalue weighted by Gasteiger charge is 2.18. The van der Waals surface area contributed by atoms with Crippen molar-refractivity contribution in [2.45, 2.75) is 33.6 Å². The standard InChI is InChI=1S/C15H22N2O.ClH/c1-15(2,3)10-17-14(18)12-6-4-8-13-11(12)7-5-9-16-13;/h4,6,8,16H,5,7,9-10H2,1-3H3,(H,17,18);1H. The topological polar surface area (TPSA) is 41.1 Å². The zero-order valence-corrected chi connectivity index (χ0v) is 12.7. The molecule has 2 N–H and O–H groups in total. The minimum Gasteiger partial charge on any atom is -0.385 e. The molecule has 1 aromatic carbocycles. The first-order valence-corrected chi connectivity index (χ1v) is 6.61. The van der Waals surface area contributed by atoms with Crippen LogP contribution in [0.4, 0.5) is 5.69 Å². The van der Waals surface area contributed by atoms with Gasteiger partial charge in [-0.3, -0.25) is 4.79 Å². The minimum absolute atomic E-state index is 0. The van der Waals surface area contributed by atoms with Crippen molar-refractivity contribution >= 4 is 24.0 Å². The van der Waals surface area contributed by atoms with Gasteiger partial charge in [0, 0.05) is 24.3 Å². The lowest BCUT2D eigenvalue weighted by atomic mass is 9.95. The molecule has 1 aliphatic heterocycles. The number of anilines is 1. The SMILES string of the molecule is CC(C)(C)CNC(=O)c1cccc2c1CCCN2.Cl. The van der Waals surface area contributed by atoms with Crippen LogP contribution in [0.3, 0.4) is 0 Å². The van der Waals surface area contributed by atoms with Crippen molar-refractivity contribution in [1.29, 1.82) is 0 Å². The monoisotopic (exact) mass is 282 g/mol. The summed E-state index contributed by atoms with van der Waals surface area (Å²) in [5, 5.41) is 6.37. The van der Waals surface area contributed by atoms with Gasteiger partial charge in [-0.1, -0.05) is 26.8 Å². The second-order valence-electron chi connectivity index (χ2n) is 6.11. The number of carbonyl (C=O) groups excluding carboxylic acids is 1. The molecular weight excluding hydrogens is 260 g/mol. The first-order chi connectivity index (χ1) is 8.47. The average molecular weight is 283 g/mol. The van der Waals surface area contributed by atoms with Crippen molar-refractivity contribution in [2.24, 2.45) is 5.41 Å². The van der Waals surface area contributed by atoms with Gasteiger partial charge in [-0.15, -0.1) is 12.4 Å². The van der Waals surface area contributed by atoms with Crippen LogP contribution in [0.15, 0.2) is 18.2 Å². The Balaban J connectivity index is 0.00000180. The third-order valence-corrected chi connectivity index (χ3v) is 3.12. The normalized spacial score (nSPS) is 13.8. The summed E-state index contributed by atoms with van der Waals surface area (Å²) in [7, 11) is 0. The van der Waals surface area contributed by atoms with Gasteiger partial charge in [0.05, 0.1) is 0 Å². The predicted octanol–water partition coefficient (Wildman–Crippen LogP) is 3.24. The van der Waals surface area contributed by atoms with Crippen LogP contribution in [-0.4, -0.2) is 19.0 Å². The fourth-order valence-corrected chi connectivity index (χ4v) is 2.16. The molecule has 0 fully saturated rings. The maximum Gasteiger partial charge on any atom is 0.251 e. The number of nitrogens with one attached hydrogen (secondary N) is 2. The lowest BCUT2D eigenvalue weighted by Crippen LogP contribution is -2.33. The van der Waals surface area contributed by atoms with Gasteiger partial charge in [-0.2, -0.15) is 0 Å². The van der Waals surface area contributed by atoms with Gasteiger partial charge >= 0.3 is 0 Å². The molecule has 0 unspecified atom stereocenters. The maximum absolute atomic E-state index is 12.2. The Morgan fingerprint density at radius 1 is 1.37 bits per heavy atom. The Morgan fingerprint density at radius 3 is 2.79 bits per heavy atom. The number of rotatable bonds is 2. The van der Waals surface area contributed by atoms with Crippen LogP contribution in [0.1, 0.15) is 43.1 Å². The van der Waals surface area contributed by atoms with Crippen LogP contribution in [0, 0.1) is 5.41 Å². The van der Waals surface area contributed by atoms with Crippen LogP contribution in [0.2, 0.25) is 0 Å². The highest BCUT2D eigenvalue weighted by molar-refractivity contribution is 5.97. The summed E-state index contributed by atoms with van der Waals surface area (Å²) in [4.78, 5) is 12.2. The highest BCUT2D eigenvalue weighted by Crippen LogP contribution is 2.25. The van der Waals surface area contributed by atoms with Crippen molar-refractivity contribution < 1.29 is 4.79 Å². The summed E-state index contributed by atoms with van der Waals surface area (Å²) in [5.41, 5.74) is 3.21. The molecule has 0 aromatic heterocycles. The van der Waals surface area contributed by atoms with Crippen LogP contribution in [0.25, 0.3) is 0 Å². The van der Waals surface area contributed by atoms with Gasteiger partial charge in [0.25, 0.3) is 5.91 Å². The van der Waals surface area contributed by atoms with Crippen molar-refractivity contribution in [1.82, 2.24) is 5.32 Å². The van der Waals surface area contributed by atoms with Crippen LogP contribution in [-0.2, 0) is 6.42 Å². The summed E-state index contributed by atoms with van der Waals surface area (Å²) in [6, 6.07) is 5.92. The number of benzene rings is 1. The van der Waals surface area contributed by atoms with Crippen molar-refractivity contribution in [2.75, 3.05) is 18.4 Å². The number of amides is 1. The van der Waals surface area contributed by atoms with Crippen molar-refractivity contribution in [3.05, 3.63) is 29.3 Å². The van der Waals surface area contributed by atoms with E-state index >= 15 is 0 Å². The zero-order chi connectivity index (χ0) is 13.2. The van der Waals surface area contributed by atoms with Gasteiger partial charge in [0.2, 0.25) is 0 Å². The molecule has 19 heavy (non-hydrogen) atoms. The molecule has 0 aliphatic carbocycles. The molecule has 0 radical (unpaired) electrons. The minimum atomic E-state index is 0. The predicted molar refractivity (Wildman–Crippen MR) is 82.3 cm³/mol.